The molecule has 21 heavy (non-hydrogen) atoms. The van der Waals surface area contributed by atoms with E-state index in [1.807, 2.05) is 0 Å². The summed E-state index contributed by atoms with van der Waals surface area (Å²) in [4.78, 5) is 0. The number of halogens is 1. The molecule has 3 nitrogen and oxygen atoms in total. The van der Waals surface area contributed by atoms with Crippen LogP contribution in [0.4, 0.5) is 0 Å². The van der Waals surface area contributed by atoms with E-state index in [-0.39, 0.29) is 0 Å². The molecule has 0 saturated heterocycles. The molecule has 2 fully saturated rings. The van der Waals surface area contributed by atoms with Crippen molar-refractivity contribution >= 4 is 15.9 Å². The Morgan fingerprint density at radius 1 is 1.29 bits per heavy atom. The zero-order valence-corrected chi connectivity index (χ0v) is 15.0. The first-order chi connectivity index (χ1) is 10.1. The number of nitrogens with zero attached hydrogens (tertiary/aromatic N) is 2. The maximum Gasteiger partial charge on any atom is 0.0738 e. The van der Waals surface area contributed by atoms with E-state index in [2.05, 4.69) is 44.9 Å². The summed E-state index contributed by atoms with van der Waals surface area (Å²) in [6.45, 7) is 6.46. The molecule has 2 saturated carbocycles. The maximum absolute atomic E-state index is 4.68. The normalized spacial score (nSPS) is 21.7. The van der Waals surface area contributed by atoms with Crippen molar-refractivity contribution in [3.05, 3.63) is 15.9 Å². The molecule has 2 aliphatic rings. The molecule has 0 bridgehead atoms. The molecule has 0 spiro atoms. The van der Waals surface area contributed by atoms with Gasteiger partial charge in [0.15, 0.2) is 0 Å². The highest BCUT2D eigenvalue weighted by Gasteiger charge is 2.35. The summed E-state index contributed by atoms with van der Waals surface area (Å²) in [5.74, 6) is 0. The summed E-state index contributed by atoms with van der Waals surface area (Å²) in [7, 11) is 0. The van der Waals surface area contributed by atoms with Gasteiger partial charge in [0.05, 0.1) is 15.9 Å². The van der Waals surface area contributed by atoms with Crippen LogP contribution in [0.1, 0.15) is 63.3 Å². The highest BCUT2D eigenvalue weighted by atomic mass is 79.9. The summed E-state index contributed by atoms with van der Waals surface area (Å²) < 4.78 is 3.44. The van der Waals surface area contributed by atoms with Crippen molar-refractivity contribution in [3.63, 3.8) is 0 Å². The highest BCUT2D eigenvalue weighted by Crippen LogP contribution is 2.41. The molecule has 2 aliphatic carbocycles. The van der Waals surface area contributed by atoms with E-state index >= 15 is 0 Å². The van der Waals surface area contributed by atoms with Gasteiger partial charge in [0.25, 0.3) is 0 Å². The van der Waals surface area contributed by atoms with E-state index in [4.69, 9.17) is 0 Å². The van der Waals surface area contributed by atoms with Crippen LogP contribution < -0.4 is 5.32 Å². The van der Waals surface area contributed by atoms with Gasteiger partial charge in [0.1, 0.15) is 0 Å². The Labute approximate surface area is 137 Å². The van der Waals surface area contributed by atoms with Gasteiger partial charge in [-0.25, -0.2) is 0 Å². The fourth-order valence-corrected chi connectivity index (χ4v) is 4.18. The van der Waals surface area contributed by atoms with Gasteiger partial charge in [-0.3, -0.25) is 4.68 Å². The van der Waals surface area contributed by atoms with Crippen molar-refractivity contribution in [2.24, 2.45) is 5.41 Å². The van der Waals surface area contributed by atoms with Gasteiger partial charge in [-0.15, -0.1) is 0 Å². The van der Waals surface area contributed by atoms with Crippen molar-refractivity contribution in [3.8, 4) is 0 Å². The summed E-state index contributed by atoms with van der Waals surface area (Å²) in [6.07, 6.45) is 10.9. The van der Waals surface area contributed by atoms with E-state index in [1.165, 1.54) is 68.1 Å². The Hall–Kier alpha value is -0.350. The van der Waals surface area contributed by atoms with Gasteiger partial charge in [-0.05, 0) is 67.3 Å². The molecule has 118 valence electrons. The molecule has 1 aromatic rings. The lowest BCUT2D eigenvalue weighted by Gasteiger charge is -2.38. The molecule has 0 aliphatic heterocycles. The van der Waals surface area contributed by atoms with Crippen molar-refractivity contribution in [2.75, 3.05) is 6.54 Å². The van der Waals surface area contributed by atoms with Gasteiger partial charge in [-0.1, -0.05) is 19.3 Å². The minimum atomic E-state index is 0.447. The number of aromatic nitrogens is 2. The van der Waals surface area contributed by atoms with Crippen LogP contribution in [-0.2, 0) is 13.0 Å². The van der Waals surface area contributed by atoms with Crippen LogP contribution in [0.2, 0.25) is 0 Å². The second kappa shape index (κ2) is 6.41. The lowest BCUT2D eigenvalue weighted by atomic mass is 9.71. The minimum absolute atomic E-state index is 0.447. The number of hydrogen-bond acceptors (Lipinski definition) is 2. The number of aryl methyl sites for hydroxylation is 2. The van der Waals surface area contributed by atoms with E-state index < -0.39 is 0 Å². The summed E-state index contributed by atoms with van der Waals surface area (Å²) >= 11 is 3.78. The molecular weight excluding hydrogens is 326 g/mol. The predicted octanol–water partition coefficient (Wildman–Crippen LogP) is 4.22. The predicted molar refractivity (Wildman–Crippen MR) is 90.6 cm³/mol. The van der Waals surface area contributed by atoms with Crippen LogP contribution in [0.3, 0.4) is 0 Å². The Balaban J connectivity index is 1.79. The standard InChI is InChI=1S/C17H28BrN3/c1-3-21-15(16(18)13(2)20-21)11-17(9-5-4-6-10-17)12-19-14-7-8-14/h14,19H,3-12H2,1-2H3. The van der Waals surface area contributed by atoms with Crippen molar-refractivity contribution in [1.82, 2.24) is 15.1 Å². The molecular formula is C17H28BrN3. The highest BCUT2D eigenvalue weighted by molar-refractivity contribution is 9.10. The number of rotatable bonds is 6. The molecule has 1 heterocycles. The largest absolute Gasteiger partial charge is 0.313 e. The van der Waals surface area contributed by atoms with Crippen LogP contribution in [-0.4, -0.2) is 22.4 Å². The number of hydrogen-bond donors (Lipinski definition) is 1. The maximum atomic E-state index is 4.68. The molecule has 0 radical (unpaired) electrons. The fourth-order valence-electron chi connectivity index (χ4n) is 3.76. The third-order valence-electron chi connectivity index (χ3n) is 5.25. The SMILES string of the molecule is CCn1nc(C)c(Br)c1CC1(CNC2CC2)CCCCC1. The Kier molecular flexibility index (Phi) is 4.75. The molecule has 4 heteroatoms. The van der Waals surface area contributed by atoms with Crippen molar-refractivity contribution < 1.29 is 0 Å². The van der Waals surface area contributed by atoms with Crippen LogP contribution >= 0.6 is 15.9 Å². The lowest BCUT2D eigenvalue weighted by molar-refractivity contribution is 0.176. The third-order valence-corrected chi connectivity index (χ3v) is 6.28. The monoisotopic (exact) mass is 353 g/mol. The zero-order chi connectivity index (χ0) is 14.9. The smallest absolute Gasteiger partial charge is 0.0738 e. The van der Waals surface area contributed by atoms with Crippen LogP contribution in [0.5, 0.6) is 0 Å². The first-order valence-corrected chi connectivity index (χ1v) is 9.38. The summed E-state index contributed by atoms with van der Waals surface area (Å²) in [5, 5.41) is 8.49. The molecule has 3 rings (SSSR count). The first-order valence-electron chi connectivity index (χ1n) is 8.59. The van der Waals surface area contributed by atoms with E-state index in [0.717, 1.165) is 18.3 Å². The third kappa shape index (κ3) is 3.53. The first kappa shape index (κ1) is 15.5. The lowest BCUT2D eigenvalue weighted by Crippen LogP contribution is -2.39. The average Bonchev–Trinajstić information content (AvgIpc) is 3.29. The van der Waals surface area contributed by atoms with Gasteiger partial charge in [0, 0.05) is 19.1 Å². The van der Waals surface area contributed by atoms with Crippen LogP contribution in [0, 0.1) is 12.3 Å². The van der Waals surface area contributed by atoms with E-state index in [0.29, 0.717) is 5.41 Å². The minimum Gasteiger partial charge on any atom is -0.313 e. The second-order valence-electron chi connectivity index (χ2n) is 7.05. The van der Waals surface area contributed by atoms with Crippen LogP contribution in [0.15, 0.2) is 4.47 Å². The Morgan fingerprint density at radius 2 is 2.00 bits per heavy atom. The average molecular weight is 354 g/mol. The fraction of sp³-hybridized carbons (Fsp3) is 0.824. The topological polar surface area (TPSA) is 29.9 Å². The van der Waals surface area contributed by atoms with Crippen molar-refractivity contribution in [2.45, 2.75) is 77.8 Å². The van der Waals surface area contributed by atoms with Gasteiger partial charge in [0.2, 0.25) is 0 Å². The molecule has 0 amide bonds. The van der Waals surface area contributed by atoms with Gasteiger partial charge < -0.3 is 5.32 Å². The Morgan fingerprint density at radius 3 is 2.62 bits per heavy atom. The van der Waals surface area contributed by atoms with Crippen LogP contribution in [0.25, 0.3) is 0 Å². The van der Waals surface area contributed by atoms with E-state index in [1.54, 1.807) is 0 Å². The van der Waals surface area contributed by atoms with Crippen molar-refractivity contribution in [1.29, 1.82) is 0 Å². The molecule has 1 aromatic heterocycles. The zero-order valence-electron chi connectivity index (χ0n) is 13.4. The van der Waals surface area contributed by atoms with E-state index in [9.17, 15) is 0 Å². The molecule has 0 aromatic carbocycles. The molecule has 0 unspecified atom stereocenters. The molecule has 0 atom stereocenters. The summed E-state index contributed by atoms with van der Waals surface area (Å²) in [5.41, 5.74) is 2.99. The Bertz CT molecular complexity index is 484. The van der Waals surface area contributed by atoms with Gasteiger partial charge >= 0.3 is 0 Å². The molecule has 1 N–H and O–H groups in total. The number of nitrogens with one attached hydrogen (secondary N) is 1. The summed E-state index contributed by atoms with van der Waals surface area (Å²) in [6, 6.07) is 0.810. The second-order valence-corrected chi connectivity index (χ2v) is 7.85. The van der Waals surface area contributed by atoms with Gasteiger partial charge in [-0.2, -0.15) is 5.10 Å². The quantitative estimate of drug-likeness (QED) is 0.829.